The molecule has 1 heterocycles. The van der Waals surface area contributed by atoms with Crippen LogP contribution in [0.2, 0.25) is 0 Å². The monoisotopic (exact) mass is 336 g/mol. The highest BCUT2D eigenvalue weighted by molar-refractivity contribution is 5.96. The fourth-order valence-electron chi connectivity index (χ4n) is 4.04. The highest BCUT2D eigenvalue weighted by Gasteiger charge is 2.46. The van der Waals surface area contributed by atoms with Gasteiger partial charge in [-0.05, 0) is 63.9 Å². The lowest BCUT2D eigenvalue weighted by Gasteiger charge is -2.36. The van der Waals surface area contributed by atoms with Crippen LogP contribution in [0.4, 0.5) is 0 Å². The molecule has 24 heavy (non-hydrogen) atoms. The zero-order chi connectivity index (χ0) is 17.6. The molecule has 1 aliphatic heterocycles. The summed E-state index contributed by atoms with van der Waals surface area (Å²) in [5.41, 5.74) is 7.17. The molecule has 0 unspecified atom stereocenters. The van der Waals surface area contributed by atoms with Gasteiger partial charge in [0.15, 0.2) is 0 Å². The van der Waals surface area contributed by atoms with Gasteiger partial charge in [-0.1, -0.05) is 13.8 Å². The smallest absolute Gasteiger partial charge is 0.0690 e. The third-order valence-corrected chi connectivity index (χ3v) is 5.25. The van der Waals surface area contributed by atoms with Gasteiger partial charge in [0, 0.05) is 19.6 Å². The molecule has 0 amide bonds. The molecular formula is C19H36N4O. The van der Waals surface area contributed by atoms with Gasteiger partial charge < -0.3 is 15.8 Å². The lowest BCUT2D eigenvalue weighted by molar-refractivity contribution is -0.0286. The summed E-state index contributed by atoms with van der Waals surface area (Å²) in [6.07, 6.45) is 9.28. The van der Waals surface area contributed by atoms with E-state index < -0.39 is 0 Å². The van der Waals surface area contributed by atoms with Crippen molar-refractivity contribution in [3.05, 3.63) is 12.3 Å². The molecule has 0 bridgehead atoms. The van der Waals surface area contributed by atoms with Crippen LogP contribution < -0.4 is 11.1 Å². The second-order valence-corrected chi connectivity index (χ2v) is 8.36. The van der Waals surface area contributed by atoms with Gasteiger partial charge in [0.25, 0.3) is 0 Å². The summed E-state index contributed by atoms with van der Waals surface area (Å²) in [4.78, 5) is 7.28. The van der Waals surface area contributed by atoms with Gasteiger partial charge in [-0.2, -0.15) is 0 Å². The normalized spacial score (nSPS) is 30.7. The van der Waals surface area contributed by atoms with Gasteiger partial charge in [-0.25, -0.2) is 0 Å². The number of hydrogen-bond donors (Lipinski definition) is 2. The summed E-state index contributed by atoms with van der Waals surface area (Å²) in [7, 11) is 4.11. The Hall–Kier alpha value is -0.910. The molecule has 2 aliphatic rings. The standard InChI is InChI=1S/C19H36N4O/c1-18(2)14-19(24-15-18)8-5-16(6-9-19)22-17(7-10-20)13-23(4)12-11-21-3/h7,10,16,21H,5-6,8-9,11-15,20H2,1-4H3. The van der Waals surface area contributed by atoms with Gasteiger partial charge in [0.05, 0.1) is 24.0 Å². The van der Waals surface area contributed by atoms with Crippen LogP contribution in [0.5, 0.6) is 0 Å². The van der Waals surface area contributed by atoms with E-state index in [-0.39, 0.29) is 5.60 Å². The minimum absolute atomic E-state index is 0.128. The van der Waals surface area contributed by atoms with E-state index >= 15 is 0 Å². The van der Waals surface area contributed by atoms with Crippen molar-refractivity contribution in [2.75, 3.05) is 40.3 Å². The molecule has 2 rings (SSSR count). The van der Waals surface area contributed by atoms with Gasteiger partial charge >= 0.3 is 0 Å². The number of aliphatic imine (C=N–C) groups is 1. The van der Waals surface area contributed by atoms with E-state index in [0.29, 0.717) is 11.5 Å². The van der Waals surface area contributed by atoms with E-state index in [1.54, 1.807) is 6.20 Å². The van der Waals surface area contributed by atoms with Crippen molar-refractivity contribution in [2.24, 2.45) is 16.1 Å². The second kappa shape index (κ2) is 8.45. The fourth-order valence-corrected chi connectivity index (χ4v) is 4.04. The topological polar surface area (TPSA) is 62.9 Å². The van der Waals surface area contributed by atoms with Crippen LogP contribution in [0, 0.1) is 5.41 Å². The number of nitrogens with zero attached hydrogens (tertiary/aromatic N) is 2. The van der Waals surface area contributed by atoms with Crippen LogP contribution in [0.3, 0.4) is 0 Å². The molecule has 5 nitrogen and oxygen atoms in total. The van der Waals surface area contributed by atoms with E-state index in [1.165, 1.54) is 6.42 Å². The molecule has 0 aromatic carbocycles. The van der Waals surface area contributed by atoms with Gasteiger partial charge in [0.1, 0.15) is 0 Å². The minimum Gasteiger partial charge on any atom is -0.405 e. The van der Waals surface area contributed by atoms with Crippen molar-refractivity contribution in [3.8, 4) is 0 Å². The van der Waals surface area contributed by atoms with Crippen LogP contribution in [-0.4, -0.2) is 62.6 Å². The summed E-state index contributed by atoms with van der Waals surface area (Å²) >= 11 is 0. The Morgan fingerprint density at radius 3 is 2.62 bits per heavy atom. The minimum atomic E-state index is 0.128. The van der Waals surface area contributed by atoms with Crippen molar-refractivity contribution in [1.29, 1.82) is 0 Å². The Morgan fingerprint density at radius 1 is 1.38 bits per heavy atom. The lowest BCUT2D eigenvalue weighted by atomic mass is 9.75. The predicted molar refractivity (Wildman–Crippen MR) is 102 cm³/mol. The lowest BCUT2D eigenvalue weighted by Crippen LogP contribution is -2.36. The Labute approximate surface area is 147 Å². The molecule has 0 atom stereocenters. The number of ether oxygens (including phenoxy) is 1. The molecule has 0 aromatic rings. The second-order valence-electron chi connectivity index (χ2n) is 8.36. The summed E-state index contributed by atoms with van der Waals surface area (Å²) in [5, 5.41) is 3.18. The van der Waals surface area contributed by atoms with Crippen molar-refractivity contribution in [2.45, 2.75) is 57.6 Å². The number of likely N-dealkylation sites (N-methyl/N-ethyl adjacent to an activating group) is 2. The molecule has 1 saturated carbocycles. The van der Waals surface area contributed by atoms with E-state index in [2.05, 4.69) is 31.1 Å². The molecule has 2 fully saturated rings. The molecule has 0 radical (unpaired) electrons. The van der Waals surface area contributed by atoms with Crippen LogP contribution >= 0.6 is 0 Å². The molecule has 1 spiro atoms. The van der Waals surface area contributed by atoms with Crippen molar-refractivity contribution in [1.82, 2.24) is 10.2 Å². The van der Waals surface area contributed by atoms with E-state index in [0.717, 1.165) is 57.6 Å². The third kappa shape index (κ3) is 5.57. The van der Waals surface area contributed by atoms with Crippen LogP contribution in [0.1, 0.15) is 46.0 Å². The van der Waals surface area contributed by atoms with Crippen LogP contribution in [0.15, 0.2) is 17.3 Å². The molecule has 5 heteroatoms. The quantitative estimate of drug-likeness (QED) is 0.700. The Morgan fingerprint density at radius 2 is 2.08 bits per heavy atom. The van der Waals surface area contributed by atoms with Crippen molar-refractivity contribution >= 4 is 5.71 Å². The molecule has 1 aliphatic carbocycles. The van der Waals surface area contributed by atoms with Crippen molar-refractivity contribution < 1.29 is 4.74 Å². The SMILES string of the molecule is CNCCN(C)CC(C=CN)=NC1CCC2(CC1)CC(C)(C)CO2. The molecule has 3 N–H and O–H groups in total. The summed E-state index contributed by atoms with van der Waals surface area (Å²) in [5.74, 6) is 0. The maximum atomic E-state index is 6.21. The number of nitrogens with one attached hydrogen (secondary N) is 1. The molecule has 1 saturated heterocycles. The third-order valence-electron chi connectivity index (χ3n) is 5.25. The van der Waals surface area contributed by atoms with E-state index in [4.69, 9.17) is 15.5 Å². The first kappa shape index (κ1) is 19.4. The summed E-state index contributed by atoms with van der Waals surface area (Å²) < 4.78 is 6.21. The van der Waals surface area contributed by atoms with E-state index in [9.17, 15) is 0 Å². The number of hydrogen-bond acceptors (Lipinski definition) is 5. The number of rotatable bonds is 7. The molecular weight excluding hydrogens is 300 g/mol. The van der Waals surface area contributed by atoms with Crippen LogP contribution in [0.25, 0.3) is 0 Å². The summed E-state index contributed by atoms with van der Waals surface area (Å²) in [6.45, 7) is 8.37. The van der Waals surface area contributed by atoms with Gasteiger partial charge in [-0.15, -0.1) is 0 Å². The Bertz CT molecular complexity index is 450. The molecule has 138 valence electrons. The average molecular weight is 337 g/mol. The first-order valence-corrected chi connectivity index (χ1v) is 9.30. The maximum Gasteiger partial charge on any atom is 0.0690 e. The van der Waals surface area contributed by atoms with Gasteiger partial charge in [-0.3, -0.25) is 9.89 Å². The Kier molecular flexibility index (Phi) is 6.84. The van der Waals surface area contributed by atoms with Gasteiger partial charge in [0.2, 0.25) is 0 Å². The zero-order valence-corrected chi connectivity index (χ0v) is 16.0. The zero-order valence-electron chi connectivity index (χ0n) is 16.0. The average Bonchev–Trinajstić information content (AvgIpc) is 2.83. The molecule has 0 aromatic heterocycles. The largest absolute Gasteiger partial charge is 0.405 e. The highest BCUT2D eigenvalue weighted by atomic mass is 16.5. The first-order chi connectivity index (χ1) is 11.4. The first-order valence-electron chi connectivity index (χ1n) is 9.30. The maximum absolute atomic E-state index is 6.21. The van der Waals surface area contributed by atoms with Crippen molar-refractivity contribution in [3.63, 3.8) is 0 Å². The Balaban J connectivity index is 1.89. The number of nitrogens with two attached hydrogens (primary N) is 1. The summed E-state index contributed by atoms with van der Waals surface area (Å²) in [6, 6.07) is 0.409. The van der Waals surface area contributed by atoms with Crippen LogP contribution in [-0.2, 0) is 4.74 Å². The predicted octanol–water partition coefficient (Wildman–Crippen LogP) is 2.18. The highest BCUT2D eigenvalue weighted by Crippen LogP contribution is 2.47. The van der Waals surface area contributed by atoms with E-state index in [1.807, 2.05) is 13.1 Å². The fraction of sp³-hybridized carbons (Fsp3) is 0.842.